The summed E-state index contributed by atoms with van der Waals surface area (Å²) in [6, 6.07) is 4.68. The van der Waals surface area contributed by atoms with Gasteiger partial charge in [0.15, 0.2) is 5.82 Å². The van der Waals surface area contributed by atoms with Crippen molar-refractivity contribution in [3.8, 4) is 17.1 Å². The van der Waals surface area contributed by atoms with Crippen LogP contribution in [0.2, 0.25) is 0 Å². The highest BCUT2D eigenvalue weighted by Crippen LogP contribution is 2.32. The molecule has 0 amide bonds. The van der Waals surface area contributed by atoms with E-state index in [9.17, 15) is 18.3 Å². The van der Waals surface area contributed by atoms with Gasteiger partial charge in [-0.1, -0.05) is 20.3 Å². The van der Waals surface area contributed by atoms with Gasteiger partial charge in [0.05, 0.1) is 29.4 Å². The average molecular weight is 559 g/mol. The number of aromatic nitrogens is 3. The third-order valence-electron chi connectivity index (χ3n) is 7.03. The molecule has 0 atom stereocenters. The first kappa shape index (κ1) is 28.9. The van der Waals surface area contributed by atoms with Gasteiger partial charge in [0.1, 0.15) is 11.3 Å². The number of aliphatic hydroxyl groups excluding tert-OH is 1. The molecule has 1 aliphatic rings. The fourth-order valence-corrected chi connectivity index (χ4v) is 6.62. The van der Waals surface area contributed by atoms with Gasteiger partial charge in [-0.3, -0.25) is 14.7 Å². The number of aliphatic hydroxyl groups is 1. The van der Waals surface area contributed by atoms with Crippen molar-refractivity contribution in [2.45, 2.75) is 44.9 Å². The minimum absolute atomic E-state index is 0.0401. The first-order valence-corrected chi connectivity index (χ1v) is 14.9. The highest BCUT2D eigenvalue weighted by molar-refractivity contribution is 7.89. The SMILES string of the molecule is CCCc1c(C=NC)c(CC)c2c(=O)[nH]c(-c3cc(S(=O)(=O)N4CCN(CCO)CC4)ccc3OCC)nn12. The maximum absolute atomic E-state index is 13.6. The molecule has 0 saturated carbocycles. The molecule has 39 heavy (non-hydrogen) atoms. The fraction of sp³-hybridized carbons (Fsp3) is 0.519. The summed E-state index contributed by atoms with van der Waals surface area (Å²) in [5.41, 5.74) is 3.24. The number of rotatable bonds is 11. The summed E-state index contributed by atoms with van der Waals surface area (Å²) in [5, 5.41) is 14.0. The molecule has 12 heteroatoms. The van der Waals surface area contributed by atoms with E-state index in [1.165, 1.54) is 16.4 Å². The maximum atomic E-state index is 13.6. The Kier molecular flexibility index (Phi) is 9.21. The molecule has 4 rings (SSSR count). The van der Waals surface area contributed by atoms with E-state index in [0.717, 1.165) is 23.2 Å². The van der Waals surface area contributed by atoms with Crippen LogP contribution in [0.5, 0.6) is 5.75 Å². The minimum atomic E-state index is -3.80. The Bertz CT molecular complexity index is 1500. The molecule has 1 aromatic carbocycles. The van der Waals surface area contributed by atoms with Crippen molar-refractivity contribution in [1.29, 1.82) is 0 Å². The average Bonchev–Trinajstić information content (AvgIpc) is 3.22. The Morgan fingerprint density at radius 1 is 1.18 bits per heavy atom. The lowest BCUT2D eigenvalue weighted by Gasteiger charge is -2.33. The third-order valence-corrected chi connectivity index (χ3v) is 8.92. The normalized spacial score (nSPS) is 15.5. The van der Waals surface area contributed by atoms with Crippen LogP contribution in [0.25, 0.3) is 16.9 Å². The number of H-pyrrole nitrogens is 1. The third kappa shape index (κ3) is 5.65. The van der Waals surface area contributed by atoms with Crippen LogP contribution in [0.1, 0.15) is 44.0 Å². The van der Waals surface area contributed by atoms with Crippen LogP contribution < -0.4 is 10.3 Å². The van der Waals surface area contributed by atoms with E-state index in [2.05, 4.69) is 16.9 Å². The van der Waals surface area contributed by atoms with Crippen LogP contribution in [-0.4, -0.2) is 96.5 Å². The Labute approximate surface area is 229 Å². The molecule has 1 aliphatic heterocycles. The van der Waals surface area contributed by atoms with Gasteiger partial charge in [-0.25, -0.2) is 12.9 Å². The number of fused-ring (bicyclic) bond motifs is 1. The monoisotopic (exact) mass is 558 g/mol. The number of piperazine rings is 1. The van der Waals surface area contributed by atoms with Gasteiger partial charge >= 0.3 is 0 Å². The molecular formula is C27H38N6O5S. The Morgan fingerprint density at radius 2 is 1.92 bits per heavy atom. The molecule has 0 spiro atoms. The molecule has 1 fully saturated rings. The number of aromatic amines is 1. The standard InChI is InChI=1S/C27H38N6O5S/c1-5-8-23-22(18-28-4)20(6-2)25-27(35)29-26(30-33(23)25)21-17-19(9-10-24(21)38-7-3)39(36,37)32-13-11-31(12-14-32)15-16-34/h9-10,17-18,34H,5-8,11-16H2,1-4H3,(H,29,30,35). The van der Waals surface area contributed by atoms with Crippen LogP contribution in [0, 0.1) is 0 Å². The number of sulfonamides is 1. The maximum Gasteiger partial charge on any atom is 0.275 e. The minimum Gasteiger partial charge on any atom is -0.493 e. The van der Waals surface area contributed by atoms with Gasteiger partial charge in [0, 0.05) is 51.5 Å². The van der Waals surface area contributed by atoms with Crippen LogP contribution in [0.4, 0.5) is 0 Å². The number of aryl methyl sites for hydroxylation is 2. The molecule has 212 valence electrons. The Balaban J connectivity index is 1.85. The number of benzene rings is 1. The zero-order chi connectivity index (χ0) is 28.2. The van der Waals surface area contributed by atoms with E-state index in [4.69, 9.17) is 9.84 Å². The molecular weight excluding hydrogens is 520 g/mol. The molecule has 0 bridgehead atoms. The molecule has 3 heterocycles. The number of hydrogen-bond donors (Lipinski definition) is 2. The smallest absolute Gasteiger partial charge is 0.275 e. The van der Waals surface area contributed by atoms with E-state index in [1.54, 1.807) is 23.8 Å². The van der Waals surface area contributed by atoms with Gasteiger partial charge in [-0.05, 0) is 43.5 Å². The lowest BCUT2D eigenvalue weighted by atomic mass is 10.1. The molecule has 3 aromatic rings. The molecule has 1 saturated heterocycles. The number of nitrogens with zero attached hydrogens (tertiary/aromatic N) is 5. The summed E-state index contributed by atoms with van der Waals surface area (Å²) in [6.45, 7) is 8.58. The molecule has 0 unspecified atom stereocenters. The van der Waals surface area contributed by atoms with E-state index in [1.807, 2.05) is 18.7 Å². The quantitative estimate of drug-likeness (QED) is 0.344. The van der Waals surface area contributed by atoms with E-state index >= 15 is 0 Å². The van der Waals surface area contributed by atoms with Gasteiger partial charge in [-0.2, -0.15) is 4.31 Å². The summed E-state index contributed by atoms with van der Waals surface area (Å²) in [6.07, 6.45) is 3.97. The van der Waals surface area contributed by atoms with Gasteiger partial charge < -0.3 is 14.8 Å². The van der Waals surface area contributed by atoms with E-state index in [0.29, 0.717) is 69.0 Å². The first-order valence-electron chi connectivity index (χ1n) is 13.5. The summed E-state index contributed by atoms with van der Waals surface area (Å²) in [7, 11) is -2.10. The highest BCUT2D eigenvalue weighted by atomic mass is 32.2. The van der Waals surface area contributed by atoms with Crippen molar-refractivity contribution in [2.75, 3.05) is 53.0 Å². The van der Waals surface area contributed by atoms with Crippen molar-refractivity contribution in [3.05, 3.63) is 45.4 Å². The Morgan fingerprint density at radius 3 is 2.54 bits per heavy atom. The summed E-state index contributed by atoms with van der Waals surface area (Å²) in [5.74, 6) is 0.665. The van der Waals surface area contributed by atoms with Crippen LogP contribution in [0.15, 0.2) is 32.9 Å². The molecule has 0 radical (unpaired) electrons. The number of hydrogen-bond acceptors (Lipinski definition) is 8. The van der Waals surface area contributed by atoms with Crippen molar-refractivity contribution < 1.29 is 18.3 Å². The van der Waals surface area contributed by atoms with Gasteiger partial charge in [-0.15, -0.1) is 5.10 Å². The predicted octanol–water partition coefficient (Wildman–Crippen LogP) is 1.95. The summed E-state index contributed by atoms with van der Waals surface area (Å²) < 4.78 is 36.1. The second-order valence-electron chi connectivity index (χ2n) is 9.45. The largest absolute Gasteiger partial charge is 0.493 e. The second kappa shape index (κ2) is 12.4. The zero-order valence-corrected chi connectivity index (χ0v) is 23.9. The summed E-state index contributed by atoms with van der Waals surface area (Å²) >= 11 is 0. The van der Waals surface area contributed by atoms with Gasteiger partial charge in [0.2, 0.25) is 10.0 Å². The molecule has 11 nitrogen and oxygen atoms in total. The van der Waals surface area contributed by atoms with Crippen molar-refractivity contribution >= 4 is 21.8 Å². The van der Waals surface area contributed by atoms with Crippen molar-refractivity contribution in [2.24, 2.45) is 4.99 Å². The second-order valence-corrected chi connectivity index (χ2v) is 11.4. The van der Waals surface area contributed by atoms with E-state index < -0.39 is 10.0 Å². The Hall–Kier alpha value is -3.06. The molecule has 2 N–H and O–H groups in total. The predicted molar refractivity (Wildman–Crippen MR) is 152 cm³/mol. The van der Waals surface area contributed by atoms with Crippen molar-refractivity contribution in [1.82, 2.24) is 23.8 Å². The highest BCUT2D eigenvalue weighted by Gasteiger charge is 2.30. The number of nitrogens with one attached hydrogen (secondary N) is 1. The number of β-amino-alcohol motifs (C(OH)–C–C–N with tert-alkyl or cyclic N) is 1. The van der Waals surface area contributed by atoms with E-state index in [-0.39, 0.29) is 22.9 Å². The topological polar surface area (TPSA) is 133 Å². The number of aliphatic imine (C=N–C) groups is 1. The van der Waals surface area contributed by atoms with Gasteiger partial charge in [0.25, 0.3) is 5.56 Å². The first-order chi connectivity index (χ1) is 18.8. The lowest BCUT2D eigenvalue weighted by Crippen LogP contribution is -2.49. The number of ether oxygens (including phenoxy) is 1. The van der Waals surface area contributed by atoms with Crippen LogP contribution in [0.3, 0.4) is 0 Å². The van der Waals surface area contributed by atoms with Crippen LogP contribution in [-0.2, 0) is 22.9 Å². The molecule has 0 aliphatic carbocycles. The van der Waals surface area contributed by atoms with Crippen LogP contribution >= 0.6 is 0 Å². The zero-order valence-electron chi connectivity index (χ0n) is 23.1. The van der Waals surface area contributed by atoms with Crippen molar-refractivity contribution in [3.63, 3.8) is 0 Å². The molecule has 2 aromatic heterocycles. The lowest BCUT2D eigenvalue weighted by molar-refractivity contribution is 0.151. The fourth-order valence-electron chi connectivity index (χ4n) is 5.17. The summed E-state index contributed by atoms with van der Waals surface area (Å²) in [4.78, 5) is 22.7.